The Morgan fingerprint density at radius 1 is 1.26 bits per heavy atom. The Balaban J connectivity index is 2.18. The first kappa shape index (κ1) is 14.4. The molecule has 6 heteroatoms. The van der Waals surface area contributed by atoms with E-state index in [0.29, 0.717) is 5.92 Å². The summed E-state index contributed by atoms with van der Waals surface area (Å²) in [4.78, 5) is 3.93. The Hall–Kier alpha value is -0.970. The Morgan fingerprint density at radius 3 is 2.58 bits per heavy atom. The summed E-state index contributed by atoms with van der Waals surface area (Å²) in [6.45, 7) is 2.10. The van der Waals surface area contributed by atoms with Crippen molar-refractivity contribution in [2.24, 2.45) is 5.92 Å². The molecule has 0 amide bonds. The molecule has 1 saturated carbocycles. The molecule has 1 fully saturated rings. The van der Waals surface area contributed by atoms with Crippen molar-refractivity contribution < 1.29 is 13.2 Å². The topological polar surface area (TPSA) is 24.9 Å². The maximum Gasteiger partial charge on any atom is 0.416 e. The fourth-order valence-corrected chi connectivity index (χ4v) is 2.66. The molecule has 0 bridgehead atoms. The number of halogens is 4. The Labute approximate surface area is 115 Å². The first-order valence-corrected chi connectivity index (χ1v) is 6.75. The molecule has 1 heterocycles. The van der Waals surface area contributed by atoms with Crippen LogP contribution in [0.2, 0.25) is 5.15 Å². The van der Waals surface area contributed by atoms with Crippen LogP contribution >= 0.6 is 11.6 Å². The summed E-state index contributed by atoms with van der Waals surface area (Å²) < 4.78 is 38.1. The number of nitrogens with zero attached hydrogens (tertiary/aromatic N) is 1. The smallest absolute Gasteiger partial charge is 0.367 e. The van der Waals surface area contributed by atoms with E-state index in [0.717, 1.165) is 31.4 Å². The Morgan fingerprint density at radius 2 is 1.95 bits per heavy atom. The number of anilines is 1. The largest absolute Gasteiger partial charge is 0.416 e. The highest BCUT2D eigenvalue weighted by Crippen LogP contribution is 2.33. The summed E-state index contributed by atoms with van der Waals surface area (Å²) in [7, 11) is 0. The van der Waals surface area contributed by atoms with Crippen LogP contribution in [0.1, 0.15) is 38.2 Å². The quantitative estimate of drug-likeness (QED) is 0.796. The van der Waals surface area contributed by atoms with Crippen molar-refractivity contribution in [1.29, 1.82) is 0 Å². The predicted octanol–water partition coefficient (Wildman–Crippen LogP) is 4.74. The molecule has 1 aliphatic rings. The number of nitrogens with one attached hydrogen (secondary N) is 1. The van der Waals surface area contributed by atoms with E-state index in [4.69, 9.17) is 11.6 Å². The monoisotopic (exact) mass is 292 g/mol. The van der Waals surface area contributed by atoms with E-state index in [-0.39, 0.29) is 17.0 Å². The van der Waals surface area contributed by atoms with Gasteiger partial charge in [-0.2, -0.15) is 13.2 Å². The van der Waals surface area contributed by atoms with Crippen LogP contribution in [0.3, 0.4) is 0 Å². The zero-order valence-electron chi connectivity index (χ0n) is 10.6. The molecule has 0 radical (unpaired) electrons. The van der Waals surface area contributed by atoms with Gasteiger partial charge in [0.2, 0.25) is 0 Å². The number of aromatic nitrogens is 1. The van der Waals surface area contributed by atoms with Crippen molar-refractivity contribution in [3.8, 4) is 0 Å². The van der Waals surface area contributed by atoms with E-state index in [9.17, 15) is 13.2 Å². The summed E-state index contributed by atoms with van der Waals surface area (Å²) in [5.41, 5.74) is -0.765. The molecule has 106 valence electrons. The minimum atomic E-state index is -4.40. The van der Waals surface area contributed by atoms with Crippen molar-refractivity contribution in [3.63, 3.8) is 0 Å². The van der Waals surface area contributed by atoms with E-state index in [1.165, 1.54) is 6.42 Å². The third-order valence-electron chi connectivity index (χ3n) is 3.57. The molecule has 1 N–H and O–H groups in total. The molecular weight excluding hydrogens is 277 g/mol. The first-order valence-electron chi connectivity index (χ1n) is 6.37. The average molecular weight is 293 g/mol. The van der Waals surface area contributed by atoms with Crippen LogP contribution in [-0.4, -0.2) is 11.0 Å². The van der Waals surface area contributed by atoms with Crippen molar-refractivity contribution in [3.05, 3.63) is 22.8 Å². The second-order valence-corrected chi connectivity index (χ2v) is 5.46. The molecule has 2 unspecified atom stereocenters. The van der Waals surface area contributed by atoms with Gasteiger partial charge in [0.25, 0.3) is 0 Å². The molecule has 0 aromatic carbocycles. The molecule has 2 atom stereocenters. The van der Waals surface area contributed by atoms with Crippen LogP contribution in [-0.2, 0) is 6.18 Å². The van der Waals surface area contributed by atoms with Gasteiger partial charge in [0.05, 0.1) is 5.56 Å². The number of hydrogen-bond donors (Lipinski definition) is 1. The van der Waals surface area contributed by atoms with Crippen LogP contribution in [0, 0.1) is 5.92 Å². The third kappa shape index (κ3) is 3.75. The van der Waals surface area contributed by atoms with E-state index < -0.39 is 11.7 Å². The SMILES string of the molecule is CC1CCCCC1Nc1cc(C(F)(F)F)cc(Cl)n1. The van der Waals surface area contributed by atoms with Gasteiger partial charge in [-0.1, -0.05) is 31.4 Å². The minimum absolute atomic E-state index is 0.138. The lowest BCUT2D eigenvalue weighted by molar-refractivity contribution is -0.137. The first-order chi connectivity index (χ1) is 8.86. The molecule has 2 rings (SSSR count). The molecule has 0 spiro atoms. The van der Waals surface area contributed by atoms with Crippen molar-refractivity contribution in [2.45, 2.75) is 44.8 Å². The van der Waals surface area contributed by atoms with Gasteiger partial charge >= 0.3 is 6.18 Å². The minimum Gasteiger partial charge on any atom is -0.367 e. The van der Waals surface area contributed by atoms with Gasteiger partial charge in [0.15, 0.2) is 0 Å². The molecule has 2 nitrogen and oxygen atoms in total. The van der Waals surface area contributed by atoms with Crippen molar-refractivity contribution >= 4 is 17.4 Å². The molecular formula is C13H16ClF3N2. The lowest BCUT2D eigenvalue weighted by Gasteiger charge is -2.30. The zero-order chi connectivity index (χ0) is 14.0. The van der Waals surface area contributed by atoms with Gasteiger partial charge in [0.1, 0.15) is 11.0 Å². The van der Waals surface area contributed by atoms with E-state index >= 15 is 0 Å². The molecule has 1 aliphatic carbocycles. The van der Waals surface area contributed by atoms with Crippen LogP contribution in [0.4, 0.5) is 19.0 Å². The summed E-state index contributed by atoms with van der Waals surface area (Å²) in [6.07, 6.45) is -0.0902. The highest BCUT2D eigenvalue weighted by Gasteiger charge is 2.32. The normalized spacial score (nSPS) is 24.3. The average Bonchev–Trinajstić information content (AvgIpc) is 2.30. The van der Waals surface area contributed by atoms with Gasteiger partial charge in [-0.3, -0.25) is 0 Å². The van der Waals surface area contributed by atoms with Gasteiger partial charge in [-0.25, -0.2) is 4.98 Å². The fraction of sp³-hybridized carbons (Fsp3) is 0.615. The lowest BCUT2D eigenvalue weighted by atomic mass is 9.86. The highest BCUT2D eigenvalue weighted by atomic mass is 35.5. The predicted molar refractivity (Wildman–Crippen MR) is 69.3 cm³/mol. The number of hydrogen-bond acceptors (Lipinski definition) is 2. The van der Waals surface area contributed by atoms with Gasteiger partial charge in [-0.05, 0) is 30.9 Å². The Bertz CT molecular complexity index is 448. The molecule has 1 aromatic rings. The number of rotatable bonds is 2. The summed E-state index contributed by atoms with van der Waals surface area (Å²) in [6, 6.07) is 2.03. The lowest BCUT2D eigenvalue weighted by Crippen LogP contribution is -2.30. The summed E-state index contributed by atoms with van der Waals surface area (Å²) >= 11 is 5.66. The Kier molecular flexibility index (Phi) is 4.23. The van der Waals surface area contributed by atoms with Gasteiger partial charge < -0.3 is 5.32 Å². The second-order valence-electron chi connectivity index (χ2n) is 5.07. The molecule has 0 saturated heterocycles. The number of pyridine rings is 1. The number of alkyl halides is 3. The standard InChI is InChI=1S/C13H16ClF3N2/c1-8-4-2-3-5-10(8)18-12-7-9(13(15,16)17)6-11(14)19-12/h6-8,10H,2-5H2,1H3,(H,18,19). The fourth-order valence-electron chi connectivity index (χ4n) is 2.46. The molecule has 1 aromatic heterocycles. The molecule has 19 heavy (non-hydrogen) atoms. The van der Waals surface area contributed by atoms with Gasteiger partial charge in [0, 0.05) is 6.04 Å². The maximum absolute atomic E-state index is 12.7. The van der Waals surface area contributed by atoms with Crippen LogP contribution in [0.25, 0.3) is 0 Å². The van der Waals surface area contributed by atoms with Crippen molar-refractivity contribution in [2.75, 3.05) is 5.32 Å². The van der Waals surface area contributed by atoms with E-state index in [2.05, 4.69) is 17.2 Å². The second kappa shape index (κ2) is 5.57. The van der Waals surface area contributed by atoms with E-state index in [1.807, 2.05) is 0 Å². The third-order valence-corrected chi connectivity index (χ3v) is 3.76. The van der Waals surface area contributed by atoms with Crippen LogP contribution < -0.4 is 5.32 Å². The molecule has 0 aliphatic heterocycles. The zero-order valence-corrected chi connectivity index (χ0v) is 11.4. The van der Waals surface area contributed by atoms with Crippen LogP contribution in [0.5, 0.6) is 0 Å². The highest BCUT2D eigenvalue weighted by molar-refractivity contribution is 6.29. The van der Waals surface area contributed by atoms with Gasteiger partial charge in [-0.15, -0.1) is 0 Å². The summed E-state index contributed by atoms with van der Waals surface area (Å²) in [5.74, 6) is 0.641. The maximum atomic E-state index is 12.7. The van der Waals surface area contributed by atoms with Crippen molar-refractivity contribution in [1.82, 2.24) is 4.98 Å². The van der Waals surface area contributed by atoms with E-state index in [1.54, 1.807) is 0 Å². The van der Waals surface area contributed by atoms with Crippen LogP contribution in [0.15, 0.2) is 12.1 Å². The summed E-state index contributed by atoms with van der Waals surface area (Å²) in [5, 5.41) is 2.95.